The van der Waals surface area contributed by atoms with Crippen LogP contribution in [0, 0.1) is 0 Å². The van der Waals surface area contributed by atoms with E-state index < -0.39 is 0 Å². The fraction of sp³-hybridized carbons (Fsp3) is 0.750. The molecule has 0 fully saturated rings. The summed E-state index contributed by atoms with van der Waals surface area (Å²) in [6.07, 6.45) is 6.24. The van der Waals surface area contributed by atoms with Crippen molar-refractivity contribution in [1.82, 2.24) is 0 Å². The van der Waals surface area contributed by atoms with E-state index >= 15 is 0 Å². The van der Waals surface area contributed by atoms with Crippen LogP contribution in [0.1, 0.15) is 19.8 Å². The standard InChI is InChI=1S/C8H16O2/c1-2-3-4-5-7-10-8-6-9/h3-4,9H,2,5-8H2,1H3/b4-3+. The lowest BCUT2D eigenvalue weighted by molar-refractivity contribution is 0.0955. The van der Waals surface area contributed by atoms with Crippen molar-refractivity contribution in [1.29, 1.82) is 0 Å². The molecule has 0 aromatic heterocycles. The van der Waals surface area contributed by atoms with Crippen molar-refractivity contribution in [2.75, 3.05) is 19.8 Å². The van der Waals surface area contributed by atoms with Crippen LogP contribution in [0.5, 0.6) is 0 Å². The molecule has 0 heterocycles. The summed E-state index contributed by atoms with van der Waals surface area (Å²) in [5.74, 6) is 0. The molecule has 2 heteroatoms. The van der Waals surface area contributed by atoms with Crippen molar-refractivity contribution in [3.05, 3.63) is 12.2 Å². The van der Waals surface area contributed by atoms with E-state index in [0.717, 1.165) is 19.4 Å². The Hall–Kier alpha value is -0.340. The molecule has 0 aliphatic heterocycles. The van der Waals surface area contributed by atoms with Gasteiger partial charge in [0.15, 0.2) is 0 Å². The zero-order valence-electron chi connectivity index (χ0n) is 6.55. The second kappa shape index (κ2) is 8.66. The summed E-state index contributed by atoms with van der Waals surface area (Å²) in [6, 6.07) is 0. The molecule has 0 atom stereocenters. The number of hydrogen-bond donors (Lipinski definition) is 1. The van der Waals surface area contributed by atoms with Gasteiger partial charge in [-0.15, -0.1) is 0 Å². The lowest BCUT2D eigenvalue weighted by atomic mass is 10.3. The van der Waals surface area contributed by atoms with Crippen LogP contribution in [0.3, 0.4) is 0 Å². The van der Waals surface area contributed by atoms with Crippen molar-refractivity contribution in [2.24, 2.45) is 0 Å². The van der Waals surface area contributed by atoms with Crippen molar-refractivity contribution in [3.63, 3.8) is 0 Å². The fourth-order valence-corrected chi connectivity index (χ4v) is 0.603. The van der Waals surface area contributed by atoms with Gasteiger partial charge in [-0.2, -0.15) is 0 Å². The smallest absolute Gasteiger partial charge is 0.0697 e. The molecule has 1 N–H and O–H groups in total. The van der Waals surface area contributed by atoms with Crippen LogP contribution < -0.4 is 0 Å². The van der Waals surface area contributed by atoms with Gasteiger partial charge in [0.1, 0.15) is 0 Å². The Labute approximate surface area is 62.5 Å². The average Bonchev–Trinajstić information content (AvgIpc) is 1.97. The summed E-state index contributed by atoms with van der Waals surface area (Å²) in [7, 11) is 0. The minimum Gasteiger partial charge on any atom is -0.394 e. The molecule has 0 rings (SSSR count). The summed E-state index contributed by atoms with van der Waals surface area (Å²) in [6.45, 7) is 3.40. The number of ether oxygens (including phenoxy) is 1. The van der Waals surface area contributed by atoms with Gasteiger partial charge in [0.05, 0.1) is 19.8 Å². The molecule has 0 unspecified atom stereocenters. The molecule has 60 valence electrons. The highest BCUT2D eigenvalue weighted by molar-refractivity contribution is 4.79. The first-order chi connectivity index (χ1) is 4.91. The summed E-state index contributed by atoms with van der Waals surface area (Å²) in [5.41, 5.74) is 0. The molecule has 0 radical (unpaired) electrons. The Bertz CT molecular complexity index is 79.3. The van der Waals surface area contributed by atoms with Crippen LogP contribution in [-0.2, 0) is 4.74 Å². The highest BCUT2D eigenvalue weighted by Crippen LogP contribution is 1.86. The first-order valence-electron chi connectivity index (χ1n) is 3.75. The van der Waals surface area contributed by atoms with Gasteiger partial charge in [-0.3, -0.25) is 0 Å². The zero-order valence-corrected chi connectivity index (χ0v) is 6.55. The van der Waals surface area contributed by atoms with Crippen molar-refractivity contribution in [3.8, 4) is 0 Å². The van der Waals surface area contributed by atoms with Crippen LogP contribution in [0.2, 0.25) is 0 Å². The van der Waals surface area contributed by atoms with Crippen molar-refractivity contribution < 1.29 is 9.84 Å². The average molecular weight is 144 g/mol. The second-order valence-corrected chi connectivity index (χ2v) is 2.00. The Morgan fingerprint density at radius 2 is 2.10 bits per heavy atom. The third kappa shape index (κ3) is 7.66. The van der Waals surface area contributed by atoms with Gasteiger partial charge in [-0.1, -0.05) is 19.1 Å². The van der Waals surface area contributed by atoms with E-state index in [1.807, 2.05) is 0 Å². The highest BCUT2D eigenvalue weighted by Gasteiger charge is 1.81. The summed E-state index contributed by atoms with van der Waals surface area (Å²) in [5, 5.41) is 8.33. The van der Waals surface area contributed by atoms with Crippen LogP contribution >= 0.6 is 0 Å². The van der Waals surface area contributed by atoms with Crippen molar-refractivity contribution in [2.45, 2.75) is 19.8 Å². The minimum absolute atomic E-state index is 0.123. The van der Waals surface area contributed by atoms with E-state index in [9.17, 15) is 0 Å². The molecule has 0 aromatic rings. The summed E-state index contributed by atoms with van der Waals surface area (Å²) in [4.78, 5) is 0. The molecule has 0 amide bonds. The predicted molar refractivity (Wildman–Crippen MR) is 42.0 cm³/mol. The number of hydrogen-bond acceptors (Lipinski definition) is 2. The van der Waals surface area contributed by atoms with Gasteiger partial charge in [-0.25, -0.2) is 0 Å². The maximum Gasteiger partial charge on any atom is 0.0697 e. The van der Waals surface area contributed by atoms with Gasteiger partial charge < -0.3 is 9.84 Å². The van der Waals surface area contributed by atoms with E-state index in [0.29, 0.717) is 6.61 Å². The van der Waals surface area contributed by atoms with Gasteiger partial charge >= 0.3 is 0 Å². The van der Waals surface area contributed by atoms with Crippen LogP contribution in [0.25, 0.3) is 0 Å². The lowest BCUT2D eigenvalue weighted by Crippen LogP contribution is -1.99. The van der Waals surface area contributed by atoms with Gasteiger partial charge in [-0.05, 0) is 12.8 Å². The molecular formula is C8H16O2. The number of rotatable bonds is 6. The third-order valence-corrected chi connectivity index (χ3v) is 1.07. The van der Waals surface area contributed by atoms with Gasteiger partial charge in [0.25, 0.3) is 0 Å². The molecule has 0 saturated heterocycles. The van der Waals surface area contributed by atoms with E-state index in [2.05, 4.69) is 19.1 Å². The van der Waals surface area contributed by atoms with Gasteiger partial charge in [0.2, 0.25) is 0 Å². The lowest BCUT2D eigenvalue weighted by Gasteiger charge is -1.96. The maximum atomic E-state index is 8.33. The fourth-order valence-electron chi connectivity index (χ4n) is 0.603. The van der Waals surface area contributed by atoms with Crippen LogP contribution in [0.4, 0.5) is 0 Å². The molecule has 0 spiro atoms. The molecule has 10 heavy (non-hydrogen) atoms. The SMILES string of the molecule is CC/C=C/CCOCCO. The summed E-state index contributed by atoms with van der Waals surface area (Å²) < 4.78 is 5.03. The Morgan fingerprint density at radius 1 is 1.30 bits per heavy atom. The maximum absolute atomic E-state index is 8.33. The Kier molecular flexibility index (Phi) is 8.37. The monoisotopic (exact) mass is 144 g/mol. The Balaban J connectivity index is 2.83. The molecular weight excluding hydrogens is 128 g/mol. The molecule has 0 aliphatic carbocycles. The van der Waals surface area contributed by atoms with E-state index in [-0.39, 0.29) is 6.61 Å². The first kappa shape index (κ1) is 9.66. The van der Waals surface area contributed by atoms with E-state index in [4.69, 9.17) is 9.84 Å². The van der Waals surface area contributed by atoms with Crippen LogP contribution in [-0.4, -0.2) is 24.9 Å². The number of allylic oxidation sites excluding steroid dienone is 1. The van der Waals surface area contributed by atoms with Gasteiger partial charge in [0, 0.05) is 0 Å². The topological polar surface area (TPSA) is 29.5 Å². The second-order valence-electron chi connectivity index (χ2n) is 2.00. The highest BCUT2D eigenvalue weighted by atomic mass is 16.5. The summed E-state index contributed by atoms with van der Waals surface area (Å²) >= 11 is 0. The minimum atomic E-state index is 0.123. The third-order valence-electron chi connectivity index (χ3n) is 1.07. The largest absolute Gasteiger partial charge is 0.394 e. The normalized spacial score (nSPS) is 11.0. The van der Waals surface area contributed by atoms with Crippen molar-refractivity contribution >= 4 is 0 Å². The van der Waals surface area contributed by atoms with Crippen LogP contribution in [0.15, 0.2) is 12.2 Å². The molecule has 0 aromatic carbocycles. The van der Waals surface area contributed by atoms with E-state index in [1.165, 1.54) is 0 Å². The number of aliphatic hydroxyl groups is 1. The Morgan fingerprint density at radius 3 is 2.70 bits per heavy atom. The zero-order chi connectivity index (χ0) is 7.66. The quantitative estimate of drug-likeness (QED) is 0.450. The molecule has 0 saturated carbocycles. The van der Waals surface area contributed by atoms with E-state index in [1.54, 1.807) is 0 Å². The number of aliphatic hydroxyl groups excluding tert-OH is 1. The molecule has 0 bridgehead atoms. The first-order valence-corrected chi connectivity index (χ1v) is 3.75. The predicted octanol–water partition coefficient (Wildman–Crippen LogP) is 1.35. The molecule has 2 nitrogen and oxygen atoms in total. The molecule has 0 aliphatic rings.